The van der Waals surface area contributed by atoms with E-state index in [2.05, 4.69) is 23.8 Å². The number of nitrogens with zero attached hydrogens (tertiary/aromatic N) is 2. The third-order valence-electron chi connectivity index (χ3n) is 3.91. The van der Waals surface area contributed by atoms with E-state index in [4.69, 9.17) is 5.73 Å². The smallest absolute Gasteiger partial charge is 0.123 e. The molecule has 0 bridgehead atoms. The van der Waals surface area contributed by atoms with Gasteiger partial charge in [0, 0.05) is 38.3 Å². The SMILES string of the molecule is CC1CN(C(CN)c2ccc(F)cc2)CCN1C. The highest BCUT2D eigenvalue weighted by molar-refractivity contribution is 5.20. The maximum Gasteiger partial charge on any atom is 0.123 e. The minimum Gasteiger partial charge on any atom is -0.329 e. The van der Waals surface area contributed by atoms with E-state index in [9.17, 15) is 4.39 Å². The van der Waals surface area contributed by atoms with Crippen molar-refractivity contribution in [2.75, 3.05) is 33.2 Å². The van der Waals surface area contributed by atoms with Crippen molar-refractivity contribution in [3.05, 3.63) is 35.6 Å². The average Bonchev–Trinajstić information content (AvgIpc) is 2.37. The molecule has 1 fully saturated rings. The first-order chi connectivity index (χ1) is 8.61. The van der Waals surface area contributed by atoms with Gasteiger partial charge in [-0.05, 0) is 31.7 Å². The topological polar surface area (TPSA) is 32.5 Å². The van der Waals surface area contributed by atoms with E-state index in [0.717, 1.165) is 25.2 Å². The number of nitrogens with two attached hydrogens (primary N) is 1. The summed E-state index contributed by atoms with van der Waals surface area (Å²) in [6.07, 6.45) is 0. The summed E-state index contributed by atoms with van der Waals surface area (Å²) < 4.78 is 13.0. The van der Waals surface area contributed by atoms with Crippen LogP contribution >= 0.6 is 0 Å². The van der Waals surface area contributed by atoms with E-state index in [1.165, 1.54) is 12.1 Å². The van der Waals surface area contributed by atoms with Crippen molar-refractivity contribution in [2.24, 2.45) is 5.73 Å². The van der Waals surface area contributed by atoms with Crippen LogP contribution in [0, 0.1) is 5.82 Å². The largest absolute Gasteiger partial charge is 0.329 e. The molecule has 2 atom stereocenters. The summed E-state index contributed by atoms with van der Waals surface area (Å²) in [6, 6.07) is 7.44. The fraction of sp³-hybridized carbons (Fsp3) is 0.571. The van der Waals surface area contributed by atoms with E-state index in [0.29, 0.717) is 12.6 Å². The lowest BCUT2D eigenvalue weighted by molar-refractivity contribution is 0.0741. The predicted molar refractivity (Wildman–Crippen MR) is 71.9 cm³/mol. The first kappa shape index (κ1) is 13.5. The molecule has 0 amide bonds. The van der Waals surface area contributed by atoms with Crippen molar-refractivity contribution < 1.29 is 4.39 Å². The molecule has 1 heterocycles. The van der Waals surface area contributed by atoms with Gasteiger partial charge in [-0.3, -0.25) is 4.90 Å². The molecule has 3 nitrogen and oxygen atoms in total. The first-order valence-corrected chi connectivity index (χ1v) is 6.51. The van der Waals surface area contributed by atoms with Gasteiger partial charge < -0.3 is 10.6 Å². The van der Waals surface area contributed by atoms with Gasteiger partial charge in [0.2, 0.25) is 0 Å². The summed E-state index contributed by atoms with van der Waals surface area (Å²) in [7, 11) is 2.15. The zero-order chi connectivity index (χ0) is 13.1. The maximum absolute atomic E-state index is 13.0. The third-order valence-corrected chi connectivity index (χ3v) is 3.91. The molecule has 0 radical (unpaired) electrons. The molecule has 0 aliphatic carbocycles. The van der Waals surface area contributed by atoms with Crippen LogP contribution in [-0.2, 0) is 0 Å². The number of piperazine rings is 1. The summed E-state index contributed by atoms with van der Waals surface area (Å²) in [5.41, 5.74) is 7.01. The van der Waals surface area contributed by atoms with Gasteiger partial charge in [-0.1, -0.05) is 12.1 Å². The number of hydrogen-bond donors (Lipinski definition) is 1. The van der Waals surface area contributed by atoms with Crippen LogP contribution in [0.25, 0.3) is 0 Å². The summed E-state index contributed by atoms with van der Waals surface area (Å²) >= 11 is 0. The lowest BCUT2D eigenvalue weighted by Crippen LogP contribution is -2.52. The van der Waals surface area contributed by atoms with E-state index in [-0.39, 0.29) is 11.9 Å². The Kier molecular flexibility index (Phi) is 4.32. The number of rotatable bonds is 3. The highest BCUT2D eigenvalue weighted by Crippen LogP contribution is 2.22. The lowest BCUT2D eigenvalue weighted by Gasteiger charge is -2.41. The molecule has 2 N–H and O–H groups in total. The molecule has 4 heteroatoms. The van der Waals surface area contributed by atoms with Gasteiger partial charge in [-0.15, -0.1) is 0 Å². The zero-order valence-electron chi connectivity index (χ0n) is 11.1. The van der Waals surface area contributed by atoms with Gasteiger partial charge in [0.1, 0.15) is 5.82 Å². The van der Waals surface area contributed by atoms with Crippen molar-refractivity contribution in [1.82, 2.24) is 9.80 Å². The highest BCUT2D eigenvalue weighted by atomic mass is 19.1. The number of halogens is 1. The maximum atomic E-state index is 13.0. The molecule has 1 aromatic rings. The van der Waals surface area contributed by atoms with Crippen LogP contribution in [0.5, 0.6) is 0 Å². The van der Waals surface area contributed by atoms with Crippen molar-refractivity contribution in [2.45, 2.75) is 19.0 Å². The predicted octanol–water partition coefficient (Wildman–Crippen LogP) is 1.46. The standard InChI is InChI=1S/C14H22FN3/c1-11-10-18(8-7-17(11)2)14(9-16)12-3-5-13(15)6-4-12/h3-6,11,14H,7-10,16H2,1-2H3. The third kappa shape index (κ3) is 2.88. The average molecular weight is 251 g/mol. The van der Waals surface area contributed by atoms with Gasteiger partial charge in [-0.2, -0.15) is 0 Å². The highest BCUT2D eigenvalue weighted by Gasteiger charge is 2.26. The Labute approximate surface area is 108 Å². The van der Waals surface area contributed by atoms with Gasteiger partial charge in [0.15, 0.2) is 0 Å². The number of likely N-dealkylation sites (N-methyl/N-ethyl adjacent to an activating group) is 1. The molecule has 1 aliphatic rings. The van der Waals surface area contributed by atoms with Crippen LogP contribution < -0.4 is 5.73 Å². The van der Waals surface area contributed by atoms with Crippen LogP contribution in [0.3, 0.4) is 0 Å². The normalized spacial score (nSPS) is 24.1. The fourth-order valence-corrected chi connectivity index (χ4v) is 2.54. The van der Waals surface area contributed by atoms with Gasteiger partial charge >= 0.3 is 0 Å². The molecule has 18 heavy (non-hydrogen) atoms. The molecular formula is C14H22FN3. The van der Waals surface area contributed by atoms with Crippen LogP contribution in [-0.4, -0.2) is 49.1 Å². The molecular weight excluding hydrogens is 229 g/mol. The Morgan fingerprint density at radius 3 is 2.56 bits per heavy atom. The minimum atomic E-state index is -0.193. The van der Waals surface area contributed by atoms with Gasteiger partial charge in [0.05, 0.1) is 0 Å². The van der Waals surface area contributed by atoms with Crippen LogP contribution in [0.2, 0.25) is 0 Å². The van der Waals surface area contributed by atoms with Crippen molar-refractivity contribution in [1.29, 1.82) is 0 Å². The Bertz CT molecular complexity index is 379. The van der Waals surface area contributed by atoms with Crippen molar-refractivity contribution in [3.8, 4) is 0 Å². The Morgan fingerprint density at radius 1 is 1.33 bits per heavy atom. The quantitative estimate of drug-likeness (QED) is 0.883. The van der Waals surface area contributed by atoms with Crippen LogP contribution in [0.15, 0.2) is 24.3 Å². The van der Waals surface area contributed by atoms with Crippen LogP contribution in [0.4, 0.5) is 4.39 Å². The summed E-state index contributed by atoms with van der Waals surface area (Å²) in [5.74, 6) is -0.193. The monoisotopic (exact) mass is 251 g/mol. The Balaban J connectivity index is 2.11. The molecule has 0 aromatic heterocycles. The molecule has 0 spiro atoms. The lowest BCUT2D eigenvalue weighted by atomic mass is 10.0. The van der Waals surface area contributed by atoms with Crippen molar-refractivity contribution in [3.63, 3.8) is 0 Å². The van der Waals surface area contributed by atoms with Gasteiger partial charge in [0.25, 0.3) is 0 Å². The molecule has 1 saturated heterocycles. The number of hydrogen-bond acceptors (Lipinski definition) is 3. The first-order valence-electron chi connectivity index (χ1n) is 6.51. The Morgan fingerprint density at radius 2 is 2.00 bits per heavy atom. The molecule has 100 valence electrons. The van der Waals surface area contributed by atoms with E-state index < -0.39 is 0 Å². The van der Waals surface area contributed by atoms with Gasteiger partial charge in [-0.25, -0.2) is 4.39 Å². The summed E-state index contributed by atoms with van der Waals surface area (Å²) in [4.78, 5) is 4.76. The molecule has 2 unspecified atom stereocenters. The number of benzene rings is 1. The minimum absolute atomic E-state index is 0.193. The Hall–Kier alpha value is -0.970. The van der Waals surface area contributed by atoms with Crippen LogP contribution in [0.1, 0.15) is 18.5 Å². The van der Waals surface area contributed by atoms with E-state index in [1.807, 2.05) is 12.1 Å². The second kappa shape index (κ2) is 5.78. The zero-order valence-corrected chi connectivity index (χ0v) is 11.1. The molecule has 1 aliphatic heterocycles. The van der Waals surface area contributed by atoms with Crippen molar-refractivity contribution >= 4 is 0 Å². The van der Waals surface area contributed by atoms with E-state index >= 15 is 0 Å². The summed E-state index contributed by atoms with van der Waals surface area (Å²) in [5, 5.41) is 0. The molecule has 1 aromatic carbocycles. The second-order valence-corrected chi connectivity index (χ2v) is 5.13. The second-order valence-electron chi connectivity index (χ2n) is 5.13. The fourth-order valence-electron chi connectivity index (χ4n) is 2.54. The molecule has 2 rings (SSSR count). The van der Waals surface area contributed by atoms with E-state index in [1.54, 1.807) is 0 Å². The molecule has 0 saturated carbocycles. The summed E-state index contributed by atoms with van der Waals surface area (Å²) in [6.45, 7) is 5.88.